The molecule has 0 saturated carbocycles. The summed E-state index contributed by atoms with van der Waals surface area (Å²) in [6.45, 7) is 4.23. The molecule has 0 bridgehead atoms. The van der Waals surface area contributed by atoms with Crippen LogP contribution in [-0.2, 0) is 0 Å². The Hall–Kier alpha value is -5.29. The first-order valence-corrected chi connectivity index (χ1v) is 13.4. The molecule has 0 saturated heterocycles. The molecular weight excluding hydrogens is 492 g/mol. The summed E-state index contributed by atoms with van der Waals surface area (Å²) in [6.07, 6.45) is 0. The summed E-state index contributed by atoms with van der Waals surface area (Å²) < 4.78 is 8.48. The summed E-state index contributed by atoms with van der Waals surface area (Å²) in [4.78, 5) is 15.0. The number of aromatic nitrogens is 4. The highest BCUT2D eigenvalue weighted by Gasteiger charge is 2.20. The summed E-state index contributed by atoms with van der Waals surface area (Å²) in [5.74, 6) is 1.86. The molecule has 8 rings (SSSR count). The van der Waals surface area contributed by atoms with Crippen LogP contribution in [0.3, 0.4) is 0 Å². The second-order valence-electron chi connectivity index (χ2n) is 10.3. The maximum absolute atomic E-state index is 6.31. The van der Waals surface area contributed by atoms with E-state index >= 15 is 0 Å². The standard InChI is InChI=1S/C35H24N4O/c1-21-13-15-29-25(17-21)26-20-32-28(27-18-22(2)14-16-31(27)40-32)19-30(26)39(29)35-37-33(23-9-5-3-6-10-23)36-34(38-35)24-11-7-4-8-12-24/h3-20H,1-2H3. The van der Waals surface area contributed by atoms with Gasteiger partial charge in [0.1, 0.15) is 11.2 Å². The molecule has 0 fully saturated rings. The second-order valence-corrected chi connectivity index (χ2v) is 10.3. The van der Waals surface area contributed by atoms with Crippen LogP contribution in [0.15, 0.2) is 114 Å². The number of hydrogen-bond donors (Lipinski definition) is 0. The van der Waals surface area contributed by atoms with Gasteiger partial charge in [-0.2, -0.15) is 9.97 Å². The van der Waals surface area contributed by atoms with Crippen molar-refractivity contribution in [2.45, 2.75) is 13.8 Å². The fourth-order valence-corrected chi connectivity index (χ4v) is 5.63. The third-order valence-electron chi connectivity index (χ3n) is 7.55. The number of furan rings is 1. The number of aryl methyl sites for hydroxylation is 2. The van der Waals surface area contributed by atoms with Crippen molar-refractivity contribution < 1.29 is 4.42 Å². The van der Waals surface area contributed by atoms with E-state index in [4.69, 9.17) is 19.4 Å². The Bertz CT molecular complexity index is 2170. The van der Waals surface area contributed by atoms with Gasteiger partial charge in [-0.3, -0.25) is 4.57 Å². The van der Waals surface area contributed by atoms with Gasteiger partial charge in [0.05, 0.1) is 11.0 Å². The maximum atomic E-state index is 6.31. The van der Waals surface area contributed by atoms with Gasteiger partial charge < -0.3 is 4.42 Å². The van der Waals surface area contributed by atoms with Gasteiger partial charge in [-0.15, -0.1) is 0 Å². The monoisotopic (exact) mass is 516 g/mol. The molecule has 5 heteroatoms. The topological polar surface area (TPSA) is 56.7 Å². The largest absolute Gasteiger partial charge is 0.456 e. The number of hydrogen-bond acceptors (Lipinski definition) is 4. The van der Waals surface area contributed by atoms with Gasteiger partial charge in [0.2, 0.25) is 5.95 Å². The molecule has 0 amide bonds. The lowest BCUT2D eigenvalue weighted by Crippen LogP contribution is -2.06. The van der Waals surface area contributed by atoms with E-state index in [-0.39, 0.29) is 0 Å². The fourth-order valence-electron chi connectivity index (χ4n) is 5.63. The van der Waals surface area contributed by atoms with Crippen molar-refractivity contribution in [2.75, 3.05) is 0 Å². The normalized spacial score (nSPS) is 11.8. The molecule has 0 spiro atoms. The SMILES string of the molecule is Cc1ccc2oc3cc4c5cc(C)ccc5n(-c5nc(-c6ccccc6)nc(-c6ccccc6)n5)c4cc3c2c1. The van der Waals surface area contributed by atoms with Crippen molar-refractivity contribution in [1.82, 2.24) is 19.5 Å². The molecule has 3 heterocycles. The van der Waals surface area contributed by atoms with E-state index < -0.39 is 0 Å². The van der Waals surface area contributed by atoms with Crippen molar-refractivity contribution in [2.24, 2.45) is 0 Å². The Kier molecular flexibility index (Phi) is 4.88. The molecule has 0 atom stereocenters. The van der Waals surface area contributed by atoms with Crippen LogP contribution in [0.1, 0.15) is 11.1 Å². The van der Waals surface area contributed by atoms with Gasteiger partial charge in [0.25, 0.3) is 0 Å². The lowest BCUT2D eigenvalue weighted by molar-refractivity contribution is 0.669. The number of nitrogens with zero attached hydrogens (tertiary/aromatic N) is 4. The highest BCUT2D eigenvalue weighted by atomic mass is 16.3. The van der Waals surface area contributed by atoms with Gasteiger partial charge in [-0.25, -0.2) is 4.98 Å². The summed E-state index contributed by atoms with van der Waals surface area (Å²) in [5.41, 5.74) is 8.11. The third kappa shape index (κ3) is 3.52. The first kappa shape index (κ1) is 22.7. The summed E-state index contributed by atoms with van der Waals surface area (Å²) in [7, 11) is 0. The summed E-state index contributed by atoms with van der Waals surface area (Å²) >= 11 is 0. The number of rotatable bonds is 3. The molecule has 0 unspecified atom stereocenters. The summed E-state index contributed by atoms with van der Waals surface area (Å²) in [5, 5.41) is 4.42. The lowest BCUT2D eigenvalue weighted by atomic mass is 10.1. The van der Waals surface area contributed by atoms with Crippen molar-refractivity contribution in [1.29, 1.82) is 0 Å². The number of benzene rings is 5. The zero-order valence-corrected chi connectivity index (χ0v) is 22.1. The van der Waals surface area contributed by atoms with Crippen LogP contribution in [0.5, 0.6) is 0 Å². The zero-order valence-electron chi connectivity index (χ0n) is 22.1. The molecule has 0 aliphatic heterocycles. The summed E-state index contributed by atoms with van der Waals surface area (Å²) in [6, 6.07) is 37.4. The highest BCUT2D eigenvalue weighted by Crippen LogP contribution is 2.38. The molecule has 190 valence electrons. The van der Waals surface area contributed by atoms with Crippen LogP contribution in [0.4, 0.5) is 0 Å². The van der Waals surface area contributed by atoms with E-state index in [1.165, 1.54) is 11.1 Å². The van der Waals surface area contributed by atoms with Crippen molar-refractivity contribution in [3.63, 3.8) is 0 Å². The average Bonchev–Trinajstić information content (AvgIpc) is 3.50. The first-order chi connectivity index (χ1) is 19.6. The zero-order chi connectivity index (χ0) is 26.8. The quantitative estimate of drug-likeness (QED) is 0.235. The van der Waals surface area contributed by atoms with Crippen molar-refractivity contribution in [3.8, 4) is 28.7 Å². The molecule has 0 N–H and O–H groups in total. The minimum absolute atomic E-state index is 0.583. The molecule has 3 aromatic heterocycles. The Balaban J connectivity index is 1.50. The van der Waals surface area contributed by atoms with E-state index in [0.29, 0.717) is 17.6 Å². The van der Waals surface area contributed by atoms with E-state index in [2.05, 4.69) is 66.9 Å². The van der Waals surface area contributed by atoms with Gasteiger partial charge in [-0.1, -0.05) is 83.9 Å². The van der Waals surface area contributed by atoms with Gasteiger partial charge in [-0.05, 0) is 50.2 Å². The predicted octanol–water partition coefficient (Wildman–Crippen LogP) is 8.82. The Morgan fingerprint density at radius 1 is 0.500 bits per heavy atom. The highest BCUT2D eigenvalue weighted by molar-refractivity contribution is 6.17. The van der Waals surface area contributed by atoms with Crippen LogP contribution in [0.25, 0.3) is 72.5 Å². The van der Waals surface area contributed by atoms with E-state index in [1.807, 2.05) is 60.7 Å². The lowest BCUT2D eigenvalue weighted by Gasteiger charge is -2.11. The Morgan fingerprint density at radius 3 is 1.75 bits per heavy atom. The number of fused-ring (bicyclic) bond motifs is 6. The van der Waals surface area contributed by atoms with Crippen LogP contribution in [-0.4, -0.2) is 19.5 Å². The minimum atomic E-state index is 0.583. The predicted molar refractivity (Wildman–Crippen MR) is 162 cm³/mol. The van der Waals surface area contributed by atoms with Crippen molar-refractivity contribution >= 4 is 43.7 Å². The smallest absolute Gasteiger partial charge is 0.238 e. The molecule has 5 aromatic carbocycles. The van der Waals surface area contributed by atoms with Gasteiger partial charge in [0, 0.05) is 32.7 Å². The average molecular weight is 517 g/mol. The van der Waals surface area contributed by atoms with Gasteiger partial charge in [0.15, 0.2) is 11.6 Å². The van der Waals surface area contributed by atoms with E-state index in [9.17, 15) is 0 Å². The van der Waals surface area contributed by atoms with Crippen LogP contribution in [0.2, 0.25) is 0 Å². The molecular formula is C35H24N4O. The molecule has 40 heavy (non-hydrogen) atoms. The van der Waals surface area contributed by atoms with Gasteiger partial charge >= 0.3 is 0 Å². The third-order valence-corrected chi connectivity index (χ3v) is 7.55. The van der Waals surface area contributed by atoms with Crippen molar-refractivity contribution in [3.05, 3.63) is 120 Å². The minimum Gasteiger partial charge on any atom is -0.456 e. The van der Waals surface area contributed by atoms with Crippen LogP contribution < -0.4 is 0 Å². The van der Waals surface area contributed by atoms with Crippen LogP contribution in [0, 0.1) is 13.8 Å². The molecule has 8 aromatic rings. The van der Waals surface area contributed by atoms with E-state index in [0.717, 1.165) is 54.9 Å². The fraction of sp³-hybridized carbons (Fsp3) is 0.0571. The Morgan fingerprint density at radius 2 is 1.07 bits per heavy atom. The first-order valence-electron chi connectivity index (χ1n) is 13.4. The molecule has 0 radical (unpaired) electrons. The maximum Gasteiger partial charge on any atom is 0.238 e. The molecule has 0 aliphatic rings. The molecule has 0 aliphatic carbocycles. The van der Waals surface area contributed by atoms with E-state index in [1.54, 1.807) is 0 Å². The molecule has 5 nitrogen and oxygen atoms in total. The van der Waals surface area contributed by atoms with Crippen LogP contribution >= 0.6 is 0 Å². The Labute approximate surface area is 230 Å². The second kappa shape index (κ2) is 8.61.